The van der Waals surface area contributed by atoms with Gasteiger partial charge in [0.25, 0.3) is 0 Å². The Hall–Kier alpha value is -2.42. The lowest BCUT2D eigenvalue weighted by Gasteiger charge is -2.47. The molecule has 0 radical (unpaired) electrons. The van der Waals surface area contributed by atoms with Crippen molar-refractivity contribution in [1.82, 2.24) is 5.32 Å². The number of aliphatic hydroxyl groups is 2. The molecule has 2 unspecified atom stereocenters. The summed E-state index contributed by atoms with van der Waals surface area (Å²) in [7, 11) is 0.914. The highest BCUT2D eigenvalue weighted by Crippen LogP contribution is 2.37. The molecule has 0 aromatic heterocycles. The van der Waals surface area contributed by atoms with E-state index < -0.39 is 65.3 Å². The number of hydrogen-bond donors (Lipinski definition) is 3. The Balaban J connectivity index is 1.95. The van der Waals surface area contributed by atoms with Crippen LogP contribution < -0.4 is 10.1 Å². The highest BCUT2D eigenvalue weighted by molar-refractivity contribution is 7.79. The van der Waals surface area contributed by atoms with Crippen molar-refractivity contribution in [2.24, 2.45) is 0 Å². The fourth-order valence-corrected chi connectivity index (χ4v) is 4.08. The lowest BCUT2D eigenvalue weighted by Crippen LogP contribution is -2.73. The molecule has 2 aliphatic heterocycles. The number of alkyl halides is 1. The van der Waals surface area contributed by atoms with Crippen LogP contribution >= 0.6 is 12.2 Å². The quantitative estimate of drug-likeness (QED) is 0.355. The van der Waals surface area contributed by atoms with Crippen molar-refractivity contribution in [2.75, 3.05) is 13.7 Å². The number of benzene rings is 1. The van der Waals surface area contributed by atoms with Gasteiger partial charge in [-0.25, -0.2) is 9.18 Å². The Bertz CT molecular complexity index is 934. The van der Waals surface area contributed by atoms with Crippen molar-refractivity contribution in [3.63, 3.8) is 0 Å². The number of halogens is 1. The van der Waals surface area contributed by atoms with Gasteiger partial charge in [0.1, 0.15) is 24.1 Å². The van der Waals surface area contributed by atoms with Gasteiger partial charge in [0.15, 0.2) is 11.9 Å². The minimum Gasteiger partial charge on any atom is -0.465 e. The molecule has 2 fully saturated rings. The minimum absolute atomic E-state index is 0.0857. The van der Waals surface area contributed by atoms with Crippen LogP contribution in [0.4, 0.5) is 4.39 Å². The summed E-state index contributed by atoms with van der Waals surface area (Å²) in [5.41, 5.74) is 0. The van der Waals surface area contributed by atoms with Gasteiger partial charge in [-0.1, -0.05) is 18.2 Å². The molecule has 0 bridgehead atoms. The maximum absolute atomic E-state index is 15.7. The van der Waals surface area contributed by atoms with E-state index in [2.05, 4.69) is 10.1 Å². The second-order valence-electron chi connectivity index (χ2n) is 8.50. The van der Waals surface area contributed by atoms with Crippen LogP contribution in [0.3, 0.4) is 0 Å². The average molecular weight is 518 g/mol. The van der Waals surface area contributed by atoms with Crippen LogP contribution in [0.1, 0.15) is 20.8 Å². The third kappa shape index (κ3) is 6.05. The van der Waals surface area contributed by atoms with Gasteiger partial charge in [-0.05, 0) is 26.0 Å². The molecule has 1 aromatic carbocycles. The van der Waals surface area contributed by atoms with Crippen molar-refractivity contribution in [3.05, 3.63) is 30.3 Å². The topological polar surface area (TPSA) is 142 Å². The van der Waals surface area contributed by atoms with E-state index in [-0.39, 0.29) is 12.4 Å². The number of esters is 1. The number of hydrogen-bond acceptors (Lipinski definition) is 11. The van der Waals surface area contributed by atoms with Crippen molar-refractivity contribution in [1.29, 1.82) is 0 Å². The number of para-hydroxylation sites is 1. The summed E-state index contributed by atoms with van der Waals surface area (Å²) in [6.07, 6.45) is -8.72. The Morgan fingerprint density at radius 2 is 1.91 bits per heavy atom. The maximum atomic E-state index is 15.7. The summed E-state index contributed by atoms with van der Waals surface area (Å²) < 4.78 is 47.5. The predicted octanol–water partition coefficient (Wildman–Crippen LogP) is 0.351. The number of carbonyl (C=O) groups excluding carboxylic acids is 2. The number of amides is 1. The second-order valence-corrected chi connectivity index (χ2v) is 8.84. The Kier molecular flexibility index (Phi) is 8.29. The number of thiocarbonyl (C=S) groups is 1. The summed E-state index contributed by atoms with van der Waals surface area (Å²) in [6.45, 7) is 4.28. The van der Waals surface area contributed by atoms with E-state index in [1.807, 2.05) is 0 Å². The summed E-state index contributed by atoms with van der Waals surface area (Å²) in [4.78, 5) is 24.3. The molecule has 3 rings (SSSR count). The second kappa shape index (κ2) is 10.7. The largest absolute Gasteiger partial charge is 0.465 e. The summed E-state index contributed by atoms with van der Waals surface area (Å²) in [5.74, 6) is -6.12. The van der Waals surface area contributed by atoms with Gasteiger partial charge in [0, 0.05) is 19.1 Å². The van der Waals surface area contributed by atoms with Gasteiger partial charge in [0.2, 0.25) is 12.1 Å². The summed E-state index contributed by atoms with van der Waals surface area (Å²) in [6, 6.07) is 6.74. The molecular formula is C22H28FNO10S. The molecule has 3 N–H and O–H groups in total. The van der Waals surface area contributed by atoms with Crippen molar-refractivity contribution < 1.29 is 52.6 Å². The third-order valence-corrected chi connectivity index (χ3v) is 5.64. The molecule has 2 saturated heterocycles. The van der Waals surface area contributed by atoms with Crippen LogP contribution in [-0.2, 0) is 33.3 Å². The molecule has 0 aliphatic carbocycles. The summed E-state index contributed by atoms with van der Waals surface area (Å²) >= 11 is 5.08. The first kappa shape index (κ1) is 27.2. The normalized spacial score (nSPS) is 32.8. The minimum atomic E-state index is -3.21. The number of carbonyl (C=O) groups is 2. The monoisotopic (exact) mass is 517 g/mol. The van der Waals surface area contributed by atoms with Crippen LogP contribution in [0.2, 0.25) is 0 Å². The van der Waals surface area contributed by atoms with E-state index >= 15 is 4.39 Å². The van der Waals surface area contributed by atoms with E-state index in [0.29, 0.717) is 0 Å². The van der Waals surface area contributed by atoms with Gasteiger partial charge >= 0.3 is 17.0 Å². The molecule has 1 aromatic rings. The first-order valence-electron chi connectivity index (χ1n) is 10.7. The fourth-order valence-electron chi connectivity index (χ4n) is 3.87. The fraction of sp³-hybridized carbons (Fsp3) is 0.591. The number of methoxy groups -OCH3 is 1. The zero-order valence-corrected chi connectivity index (χ0v) is 20.3. The van der Waals surface area contributed by atoms with Gasteiger partial charge in [-0.3, -0.25) is 4.79 Å². The predicted molar refractivity (Wildman–Crippen MR) is 120 cm³/mol. The molecular weight excluding hydrogens is 489 g/mol. The summed E-state index contributed by atoms with van der Waals surface area (Å²) in [5, 5.41) is 23.8. The van der Waals surface area contributed by atoms with E-state index in [9.17, 15) is 19.8 Å². The molecule has 7 atom stereocenters. The molecule has 2 heterocycles. The van der Waals surface area contributed by atoms with Gasteiger partial charge in [-0.15, -0.1) is 0 Å². The van der Waals surface area contributed by atoms with Crippen LogP contribution in [0, 0.1) is 0 Å². The molecule has 11 nitrogen and oxygen atoms in total. The van der Waals surface area contributed by atoms with Gasteiger partial charge in [0.05, 0.1) is 19.8 Å². The Labute approximate surface area is 206 Å². The van der Waals surface area contributed by atoms with Crippen LogP contribution in [0.15, 0.2) is 30.3 Å². The molecule has 194 valence electrons. The first-order chi connectivity index (χ1) is 16.4. The Morgan fingerprint density at radius 1 is 1.26 bits per heavy atom. The average Bonchev–Trinajstić information content (AvgIpc) is 3.17. The SMILES string of the molecule is COC(=O)[C@]1(O)OC([C@@H](O)[C@H]2COC(C)(C)O2)[C@@H](NC(C)=O)[C@H](OC(=S)Oc2ccccc2)C1F. The van der Waals surface area contributed by atoms with Crippen molar-refractivity contribution >= 4 is 29.3 Å². The van der Waals surface area contributed by atoms with E-state index in [1.54, 1.807) is 44.2 Å². The highest BCUT2D eigenvalue weighted by atomic mass is 32.1. The van der Waals surface area contributed by atoms with Crippen LogP contribution in [-0.4, -0.2) is 89.2 Å². The van der Waals surface area contributed by atoms with E-state index in [4.69, 9.17) is 35.9 Å². The van der Waals surface area contributed by atoms with Crippen LogP contribution in [0.5, 0.6) is 5.75 Å². The zero-order valence-electron chi connectivity index (χ0n) is 19.5. The van der Waals surface area contributed by atoms with E-state index in [0.717, 1.165) is 14.0 Å². The smallest absolute Gasteiger partial charge is 0.369 e. The molecule has 0 saturated carbocycles. The lowest BCUT2D eigenvalue weighted by molar-refractivity contribution is -0.320. The van der Waals surface area contributed by atoms with Crippen molar-refractivity contribution in [2.45, 2.75) is 69.0 Å². The highest BCUT2D eigenvalue weighted by Gasteiger charge is 2.64. The Morgan fingerprint density at radius 3 is 2.46 bits per heavy atom. The molecule has 35 heavy (non-hydrogen) atoms. The standard InChI is InChI=1S/C22H28FNO10S/c1-11(25)24-14-16(15(26)13-10-30-21(2,3)33-13)34-22(28,19(27)29-4)18(23)17(14)32-20(35)31-12-8-6-5-7-9-12/h5-9,13-18,26,28H,10H2,1-4H3,(H,24,25)/t13-,14-,15+,16?,17+,18?,22-/m1/s1. The number of aliphatic hydroxyl groups excluding tert-OH is 1. The third-order valence-electron chi connectivity index (χ3n) is 5.46. The lowest BCUT2D eigenvalue weighted by atomic mass is 9.87. The van der Waals surface area contributed by atoms with E-state index in [1.165, 1.54) is 0 Å². The molecule has 0 spiro atoms. The molecule has 13 heteroatoms. The zero-order chi connectivity index (χ0) is 26.0. The van der Waals surface area contributed by atoms with Crippen LogP contribution in [0.25, 0.3) is 0 Å². The van der Waals surface area contributed by atoms with Gasteiger partial charge in [-0.2, -0.15) is 0 Å². The van der Waals surface area contributed by atoms with Crippen molar-refractivity contribution in [3.8, 4) is 5.75 Å². The molecule has 1 amide bonds. The first-order valence-corrected chi connectivity index (χ1v) is 11.1. The maximum Gasteiger partial charge on any atom is 0.369 e. The number of rotatable bonds is 6. The van der Waals surface area contributed by atoms with Gasteiger partial charge < -0.3 is 44.0 Å². The number of nitrogens with one attached hydrogen (secondary N) is 1. The molecule has 2 aliphatic rings. The number of ether oxygens (including phenoxy) is 6.